The van der Waals surface area contributed by atoms with Gasteiger partial charge in [-0.1, -0.05) is 17.3 Å². The van der Waals surface area contributed by atoms with Gasteiger partial charge in [0.15, 0.2) is 0 Å². The molecular weight excluding hydrogens is 269 g/mol. The molecule has 108 valence electrons. The number of aromatic nitrogens is 3. The third-order valence-electron chi connectivity index (χ3n) is 3.05. The van der Waals surface area contributed by atoms with Gasteiger partial charge in [-0.25, -0.2) is 0 Å². The Balaban J connectivity index is 2.15. The lowest BCUT2D eigenvalue weighted by Gasteiger charge is -2.16. The second-order valence-corrected chi connectivity index (χ2v) is 4.55. The van der Waals surface area contributed by atoms with E-state index in [-0.39, 0.29) is 6.04 Å². The van der Waals surface area contributed by atoms with Gasteiger partial charge in [0.2, 0.25) is 0 Å². The van der Waals surface area contributed by atoms with Gasteiger partial charge in [-0.15, -0.1) is 5.10 Å². The fourth-order valence-corrected chi connectivity index (χ4v) is 1.99. The number of aryl methyl sites for hydroxylation is 1. The molecule has 0 aliphatic carbocycles. The van der Waals surface area contributed by atoms with E-state index in [1.54, 1.807) is 25.0 Å². The van der Waals surface area contributed by atoms with E-state index in [2.05, 4.69) is 15.6 Å². The van der Waals surface area contributed by atoms with Crippen LogP contribution in [-0.2, 0) is 19.6 Å². The molecule has 2 aromatic rings. The number of hydrogen-bond acceptors (Lipinski definition) is 3. The number of halogens is 3. The second-order valence-electron chi connectivity index (χ2n) is 4.55. The quantitative estimate of drug-likeness (QED) is 0.937. The van der Waals surface area contributed by atoms with Crippen LogP contribution in [0.4, 0.5) is 13.2 Å². The number of alkyl halides is 3. The van der Waals surface area contributed by atoms with Crippen molar-refractivity contribution in [2.75, 3.05) is 7.05 Å². The van der Waals surface area contributed by atoms with Gasteiger partial charge in [0.05, 0.1) is 11.3 Å². The molecule has 1 atom stereocenters. The first-order valence-electron chi connectivity index (χ1n) is 6.10. The van der Waals surface area contributed by atoms with Gasteiger partial charge in [0, 0.05) is 25.7 Å². The third-order valence-corrected chi connectivity index (χ3v) is 3.05. The van der Waals surface area contributed by atoms with Crippen LogP contribution in [0.1, 0.15) is 22.9 Å². The normalized spacial score (nSPS) is 13.4. The predicted molar refractivity (Wildman–Crippen MR) is 68.0 cm³/mol. The van der Waals surface area contributed by atoms with E-state index in [0.29, 0.717) is 6.42 Å². The number of nitrogens with zero attached hydrogens (tertiary/aromatic N) is 3. The van der Waals surface area contributed by atoms with Crippen LogP contribution >= 0.6 is 0 Å². The monoisotopic (exact) mass is 284 g/mol. The summed E-state index contributed by atoms with van der Waals surface area (Å²) < 4.78 is 39.1. The molecule has 1 N–H and O–H groups in total. The molecule has 7 heteroatoms. The van der Waals surface area contributed by atoms with Gasteiger partial charge in [0.25, 0.3) is 0 Å². The first-order valence-corrected chi connectivity index (χ1v) is 6.10. The summed E-state index contributed by atoms with van der Waals surface area (Å²) in [5.74, 6) is 0. The summed E-state index contributed by atoms with van der Waals surface area (Å²) in [6, 6.07) is 5.06. The van der Waals surface area contributed by atoms with Crippen molar-refractivity contribution in [1.29, 1.82) is 0 Å². The number of nitrogens with one attached hydrogen (secondary N) is 1. The smallest absolute Gasteiger partial charge is 0.313 e. The molecule has 0 amide bonds. The van der Waals surface area contributed by atoms with Gasteiger partial charge in [-0.05, 0) is 24.7 Å². The Hall–Kier alpha value is -1.89. The Morgan fingerprint density at radius 3 is 2.35 bits per heavy atom. The van der Waals surface area contributed by atoms with Gasteiger partial charge < -0.3 is 5.32 Å². The van der Waals surface area contributed by atoms with Crippen LogP contribution in [-0.4, -0.2) is 22.0 Å². The van der Waals surface area contributed by atoms with Crippen molar-refractivity contribution in [3.05, 3.63) is 47.3 Å². The Morgan fingerprint density at radius 1 is 1.25 bits per heavy atom. The molecule has 0 aliphatic heterocycles. The average Bonchev–Trinajstić information content (AvgIpc) is 2.81. The molecule has 0 aliphatic rings. The summed E-state index contributed by atoms with van der Waals surface area (Å²) >= 11 is 0. The van der Waals surface area contributed by atoms with Crippen LogP contribution in [0.2, 0.25) is 0 Å². The fourth-order valence-electron chi connectivity index (χ4n) is 1.99. The Bertz CT molecular complexity index is 560. The molecule has 0 radical (unpaired) electrons. The zero-order chi connectivity index (χ0) is 14.8. The molecule has 0 fully saturated rings. The maximum atomic E-state index is 12.5. The van der Waals surface area contributed by atoms with Gasteiger partial charge >= 0.3 is 6.18 Å². The minimum Gasteiger partial charge on any atom is -0.313 e. The predicted octanol–water partition coefficient (Wildman–Crippen LogP) is 2.34. The number of benzene rings is 1. The van der Waals surface area contributed by atoms with Gasteiger partial charge in [-0.2, -0.15) is 13.2 Å². The highest BCUT2D eigenvalue weighted by atomic mass is 19.4. The molecule has 0 saturated heterocycles. The van der Waals surface area contributed by atoms with Crippen LogP contribution in [0.3, 0.4) is 0 Å². The summed E-state index contributed by atoms with van der Waals surface area (Å²) in [6.45, 7) is 0. The topological polar surface area (TPSA) is 42.7 Å². The first-order chi connectivity index (χ1) is 9.40. The van der Waals surface area contributed by atoms with Crippen molar-refractivity contribution in [2.24, 2.45) is 7.05 Å². The minimum absolute atomic E-state index is 0.103. The molecule has 0 spiro atoms. The Kier molecular flexibility index (Phi) is 4.08. The lowest BCUT2D eigenvalue weighted by atomic mass is 10.0. The molecule has 1 aromatic heterocycles. The summed E-state index contributed by atoms with van der Waals surface area (Å²) in [5, 5.41) is 10.9. The standard InChI is InChI=1S/C13H15F3N4/c1-17-12(7-11-8-20(2)19-18-11)9-3-5-10(6-4-9)13(14,15)16/h3-6,8,12,17H,7H2,1-2H3. The zero-order valence-corrected chi connectivity index (χ0v) is 11.1. The SMILES string of the molecule is CNC(Cc1cn(C)nn1)c1ccc(C(F)(F)F)cc1. The van der Waals surface area contributed by atoms with E-state index >= 15 is 0 Å². The van der Waals surface area contributed by atoms with Crippen molar-refractivity contribution in [3.8, 4) is 0 Å². The number of rotatable bonds is 4. The van der Waals surface area contributed by atoms with E-state index in [4.69, 9.17) is 0 Å². The summed E-state index contributed by atoms with van der Waals surface area (Å²) in [7, 11) is 3.53. The Morgan fingerprint density at radius 2 is 1.90 bits per heavy atom. The minimum atomic E-state index is -4.31. The highest BCUT2D eigenvalue weighted by molar-refractivity contribution is 5.27. The van der Waals surface area contributed by atoms with Crippen LogP contribution in [0.15, 0.2) is 30.5 Å². The summed E-state index contributed by atoms with van der Waals surface area (Å²) in [6.07, 6.45) is -1.96. The molecule has 1 aromatic carbocycles. The summed E-state index contributed by atoms with van der Waals surface area (Å²) in [4.78, 5) is 0. The van der Waals surface area contributed by atoms with E-state index in [1.807, 2.05) is 0 Å². The maximum absolute atomic E-state index is 12.5. The van der Waals surface area contributed by atoms with E-state index in [1.165, 1.54) is 12.1 Å². The van der Waals surface area contributed by atoms with E-state index in [9.17, 15) is 13.2 Å². The van der Waals surface area contributed by atoms with Crippen molar-refractivity contribution >= 4 is 0 Å². The van der Waals surface area contributed by atoms with Crippen LogP contribution < -0.4 is 5.32 Å². The molecular formula is C13H15F3N4. The highest BCUT2D eigenvalue weighted by Gasteiger charge is 2.30. The Labute approximate surface area is 114 Å². The molecule has 1 unspecified atom stereocenters. The number of hydrogen-bond donors (Lipinski definition) is 1. The van der Waals surface area contributed by atoms with Crippen molar-refractivity contribution in [2.45, 2.75) is 18.6 Å². The first kappa shape index (κ1) is 14.5. The van der Waals surface area contributed by atoms with Crippen molar-refractivity contribution < 1.29 is 13.2 Å². The molecule has 2 rings (SSSR count). The van der Waals surface area contributed by atoms with Crippen molar-refractivity contribution in [3.63, 3.8) is 0 Å². The third kappa shape index (κ3) is 3.36. The second kappa shape index (κ2) is 5.62. The van der Waals surface area contributed by atoms with Crippen molar-refractivity contribution in [1.82, 2.24) is 20.3 Å². The molecule has 20 heavy (non-hydrogen) atoms. The molecule has 1 heterocycles. The maximum Gasteiger partial charge on any atom is 0.416 e. The lowest BCUT2D eigenvalue weighted by Crippen LogP contribution is -2.19. The average molecular weight is 284 g/mol. The summed E-state index contributed by atoms with van der Waals surface area (Å²) in [5.41, 5.74) is 0.925. The lowest BCUT2D eigenvalue weighted by molar-refractivity contribution is -0.137. The molecule has 4 nitrogen and oxygen atoms in total. The van der Waals surface area contributed by atoms with Crippen LogP contribution in [0, 0.1) is 0 Å². The zero-order valence-electron chi connectivity index (χ0n) is 11.1. The van der Waals surface area contributed by atoms with Gasteiger partial charge in [-0.3, -0.25) is 4.68 Å². The van der Waals surface area contributed by atoms with Crippen LogP contribution in [0.5, 0.6) is 0 Å². The van der Waals surface area contributed by atoms with E-state index in [0.717, 1.165) is 23.4 Å². The fraction of sp³-hybridized carbons (Fsp3) is 0.385. The highest BCUT2D eigenvalue weighted by Crippen LogP contribution is 2.30. The molecule has 0 bridgehead atoms. The molecule has 0 saturated carbocycles. The largest absolute Gasteiger partial charge is 0.416 e. The number of likely N-dealkylation sites (N-methyl/N-ethyl adjacent to an activating group) is 1. The van der Waals surface area contributed by atoms with Gasteiger partial charge in [0.1, 0.15) is 0 Å². The van der Waals surface area contributed by atoms with E-state index < -0.39 is 11.7 Å². The van der Waals surface area contributed by atoms with Crippen LogP contribution in [0.25, 0.3) is 0 Å².